The molecule has 8 nitrogen and oxygen atoms in total. The first-order valence-corrected chi connectivity index (χ1v) is 6.56. The number of hydrogen-bond donors (Lipinski definition) is 2. The molecular formula is C12H17N5O3. The molecule has 0 aliphatic carbocycles. The molecule has 0 amide bonds. The first-order chi connectivity index (χ1) is 9.79. The summed E-state index contributed by atoms with van der Waals surface area (Å²) in [5.74, 6) is 0.370. The highest BCUT2D eigenvalue weighted by Gasteiger charge is 2.28. The van der Waals surface area contributed by atoms with E-state index in [2.05, 4.69) is 15.0 Å². The molecule has 1 fully saturated rings. The summed E-state index contributed by atoms with van der Waals surface area (Å²) < 4.78 is 13.1. The number of hydrogen-bond acceptors (Lipinski definition) is 7. The van der Waals surface area contributed by atoms with Gasteiger partial charge in [0.1, 0.15) is 18.1 Å². The van der Waals surface area contributed by atoms with Gasteiger partial charge in [0.05, 0.1) is 32.3 Å². The van der Waals surface area contributed by atoms with Crippen LogP contribution in [0, 0.1) is 0 Å². The minimum atomic E-state index is -0.114. The summed E-state index contributed by atoms with van der Waals surface area (Å²) in [7, 11) is 0. The highest BCUT2D eigenvalue weighted by molar-refractivity contribution is 5.81. The lowest BCUT2D eigenvalue weighted by molar-refractivity contribution is -0.0441. The Balaban J connectivity index is 1.72. The molecule has 1 saturated heterocycles. The molecule has 3 heterocycles. The third-order valence-electron chi connectivity index (χ3n) is 3.32. The van der Waals surface area contributed by atoms with Crippen molar-refractivity contribution in [2.75, 3.05) is 25.6 Å². The van der Waals surface area contributed by atoms with E-state index in [1.807, 2.05) is 4.57 Å². The number of aromatic nitrogens is 4. The first-order valence-electron chi connectivity index (χ1n) is 6.56. The Bertz CT molecular complexity index is 587. The van der Waals surface area contributed by atoms with E-state index in [0.717, 1.165) is 12.8 Å². The Morgan fingerprint density at radius 1 is 1.40 bits per heavy atom. The molecule has 2 aromatic heterocycles. The number of anilines is 1. The van der Waals surface area contributed by atoms with Gasteiger partial charge in [-0.25, -0.2) is 15.0 Å². The Morgan fingerprint density at radius 3 is 3.15 bits per heavy atom. The minimum Gasteiger partial charge on any atom is -0.394 e. The molecule has 108 valence electrons. The van der Waals surface area contributed by atoms with Crippen molar-refractivity contribution in [1.29, 1.82) is 0 Å². The van der Waals surface area contributed by atoms with Crippen LogP contribution in [0.25, 0.3) is 11.2 Å². The molecule has 1 aliphatic heterocycles. The van der Waals surface area contributed by atoms with Gasteiger partial charge in [0.2, 0.25) is 0 Å². The van der Waals surface area contributed by atoms with E-state index in [0.29, 0.717) is 30.2 Å². The first kappa shape index (κ1) is 13.2. The van der Waals surface area contributed by atoms with Crippen molar-refractivity contribution in [2.45, 2.75) is 25.2 Å². The molecule has 2 atom stereocenters. The second kappa shape index (κ2) is 5.70. The van der Waals surface area contributed by atoms with Crippen molar-refractivity contribution in [2.24, 2.45) is 0 Å². The monoisotopic (exact) mass is 279 g/mol. The fourth-order valence-corrected chi connectivity index (χ4v) is 2.37. The lowest BCUT2D eigenvalue weighted by Crippen LogP contribution is -2.17. The Hall–Kier alpha value is -1.77. The highest BCUT2D eigenvalue weighted by Crippen LogP contribution is 2.30. The van der Waals surface area contributed by atoms with Gasteiger partial charge in [-0.05, 0) is 12.8 Å². The molecule has 0 radical (unpaired) electrons. The molecule has 0 aromatic carbocycles. The molecule has 1 unspecified atom stereocenters. The number of nitrogen functional groups attached to an aromatic ring is 1. The van der Waals surface area contributed by atoms with E-state index in [1.54, 1.807) is 6.33 Å². The van der Waals surface area contributed by atoms with E-state index >= 15 is 0 Å². The predicted molar refractivity (Wildman–Crippen MR) is 70.8 cm³/mol. The van der Waals surface area contributed by atoms with Gasteiger partial charge in [-0.1, -0.05) is 0 Å². The average Bonchev–Trinajstić information content (AvgIpc) is 3.06. The lowest BCUT2D eigenvalue weighted by atomic mass is 10.2. The van der Waals surface area contributed by atoms with Gasteiger partial charge in [0, 0.05) is 0 Å². The highest BCUT2D eigenvalue weighted by atomic mass is 16.6. The lowest BCUT2D eigenvalue weighted by Gasteiger charge is -2.15. The van der Waals surface area contributed by atoms with Crippen LogP contribution in [-0.4, -0.2) is 50.6 Å². The zero-order chi connectivity index (χ0) is 13.9. The molecule has 0 bridgehead atoms. The number of ether oxygens (including phenoxy) is 2. The molecule has 2 aromatic rings. The van der Waals surface area contributed by atoms with Crippen LogP contribution in [0.5, 0.6) is 0 Å². The van der Waals surface area contributed by atoms with Gasteiger partial charge in [0.15, 0.2) is 11.5 Å². The van der Waals surface area contributed by atoms with Crippen molar-refractivity contribution in [3.05, 3.63) is 12.7 Å². The molecule has 8 heteroatoms. The Kier molecular flexibility index (Phi) is 3.77. The van der Waals surface area contributed by atoms with E-state index in [9.17, 15) is 0 Å². The van der Waals surface area contributed by atoms with E-state index in [-0.39, 0.29) is 18.9 Å². The van der Waals surface area contributed by atoms with Crippen LogP contribution in [0.15, 0.2) is 12.7 Å². The van der Waals surface area contributed by atoms with Crippen molar-refractivity contribution in [3.8, 4) is 0 Å². The summed E-state index contributed by atoms with van der Waals surface area (Å²) in [4.78, 5) is 12.4. The van der Waals surface area contributed by atoms with Crippen LogP contribution in [0.3, 0.4) is 0 Å². The maximum absolute atomic E-state index is 8.68. The molecule has 3 rings (SSSR count). The largest absolute Gasteiger partial charge is 0.394 e. The number of nitrogens with zero attached hydrogens (tertiary/aromatic N) is 4. The molecule has 1 aliphatic rings. The summed E-state index contributed by atoms with van der Waals surface area (Å²) in [6, 6.07) is 0. The number of aliphatic hydroxyl groups excluding tert-OH is 1. The van der Waals surface area contributed by atoms with E-state index < -0.39 is 0 Å². The summed E-state index contributed by atoms with van der Waals surface area (Å²) in [5, 5.41) is 8.68. The van der Waals surface area contributed by atoms with Gasteiger partial charge in [-0.3, -0.25) is 4.57 Å². The molecule has 0 saturated carbocycles. The van der Waals surface area contributed by atoms with Crippen molar-refractivity contribution in [3.63, 3.8) is 0 Å². The van der Waals surface area contributed by atoms with Crippen LogP contribution < -0.4 is 5.73 Å². The summed E-state index contributed by atoms with van der Waals surface area (Å²) in [5.41, 5.74) is 7.04. The van der Waals surface area contributed by atoms with Crippen LogP contribution in [-0.2, 0) is 9.47 Å². The number of aliphatic hydroxyl groups is 1. The number of nitrogens with two attached hydrogens (primary N) is 1. The zero-order valence-corrected chi connectivity index (χ0v) is 11.0. The summed E-state index contributed by atoms with van der Waals surface area (Å²) in [6.07, 6.45) is 4.78. The second-order valence-corrected chi connectivity index (χ2v) is 4.67. The zero-order valence-electron chi connectivity index (χ0n) is 11.0. The summed E-state index contributed by atoms with van der Waals surface area (Å²) >= 11 is 0. The summed E-state index contributed by atoms with van der Waals surface area (Å²) in [6.45, 7) is 0.849. The van der Waals surface area contributed by atoms with Crippen molar-refractivity contribution >= 4 is 17.0 Å². The number of rotatable bonds is 5. The Morgan fingerprint density at radius 2 is 2.30 bits per heavy atom. The SMILES string of the molecule is Nc1ncnc2c1ncn2C1CC[C@@H](COCCO)O1. The molecule has 0 spiro atoms. The third-order valence-corrected chi connectivity index (χ3v) is 3.32. The van der Waals surface area contributed by atoms with Crippen LogP contribution in [0.1, 0.15) is 19.1 Å². The van der Waals surface area contributed by atoms with Crippen LogP contribution in [0.4, 0.5) is 5.82 Å². The maximum atomic E-state index is 8.68. The van der Waals surface area contributed by atoms with Gasteiger partial charge in [0.25, 0.3) is 0 Å². The minimum absolute atomic E-state index is 0.0263. The van der Waals surface area contributed by atoms with Gasteiger partial charge >= 0.3 is 0 Å². The molecular weight excluding hydrogens is 262 g/mol. The van der Waals surface area contributed by atoms with E-state index in [1.165, 1.54) is 6.33 Å². The normalized spacial score (nSPS) is 22.6. The fourth-order valence-electron chi connectivity index (χ4n) is 2.37. The van der Waals surface area contributed by atoms with Crippen LogP contribution in [0.2, 0.25) is 0 Å². The fraction of sp³-hybridized carbons (Fsp3) is 0.583. The smallest absolute Gasteiger partial charge is 0.167 e. The predicted octanol–water partition coefficient (Wildman–Crippen LogP) is 0.0950. The van der Waals surface area contributed by atoms with Crippen molar-refractivity contribution < 1.29 is 14.6 Å². The maximum Gasteiger partial charge on any atom is 0.167 e. The third kappa shape index (κ3) is 2.45. The second-order valence-electron chi connectivity index (χ2n) is 4.67. The quantitative estimate of drug-likeness (QED) is 0.747. The molecule has 3 N–H and O–H groups in total. The Labute approximate surface area is 115 Å². The van der Waals surface area contributed by atoms with E-state index in [4.69, 9.17) is 20.3 Å². The number of imidazole rings is 1. The van der Waals surface area contributed by atoms with Gasteiger partial charge in [-0.15, -0.1) is 0 Å². The molecule has 20 heavy (non-hydrogen) atoms. The standard InChI is InChI=1S/C12H17N5O3/c13-11-10-12(15-6-14-11)17(7-16-10)9-2-1-8(20-9)5-19-4-3-18/h6-9,18H,1-5H2,(H2,13,14,15)/t8-,9?/m0/s1. The van der Waals surface area contributed by atoms with Gasteiger partial charge < -0.3 is 20.3 Å². The van der Waals surface area contributed by atoms with Crippen molar-refractivity contribution in [1.82, 2.24) is 19.5 Å². The van der Waals surface area contributed by atoms with Gasteiger partial charge in [-0.2, -0.15) is 0 Å². The topological polar surface area (TPSA) is 108 Å². The van der Waals surface area contributed by atoms with Crippen LogP contribution >= 0.6 is 0 Å². The average molecular weight is 279 g/mol. The number of fused-ring (bicyclic) bond motifs is 1.